The van der Waals surface area contributed by atoms with Crippen LogP contribution in [0, 0.1) is 0 Å². The largest absolute Gasteiger partial charge is 0.334 e. The van der Waals surface area contributed by atoms with Crippen molar-refractivity contribution in [2.45, 2.75) is 38.8 Å². The predicted octanol–water partition coefficient (Wildman–Crippen LogP) is 0.299. The lowest BCUT2D eigenvalue weighted by Crippen LogP contribution is -2.57. The SMILES string of the molecule is CC(C)(C)N1CCN(C(=O)NC2CCS(=O)(=O)C2)CC1. The van der Waals surface area contributed by atoms with Crippen LogP contribution in [0.4, 0.5) is 4.79 Å². The number of piperazine rings is 1. The molecule has 1 unspecified atom stereocenters. The first-order chi connectivity index (χ1) is 9.17. The second-order valence-corrected chi connectivity index (χ2v) is 8.92. The van der Waals surface area contributed by atoms with Crippen LogP contribution in [-0.2, 0) is 9.84 Å². The van der Waals surface area contributed by atoms with Crippen molar-refractivity contribution in [2.24, 2.45) is 0 Å². The summed E-state index contributed by atoms with van der Waals surface area (Å²) in [5.41, 5.74) is 0.127. The fourth-order valence-electron chi connectivity index (χ4n) is 2.76. The highest BCUT2D eigenvalue weighted by Gasteiger charge is 2.32. The number of urea groups is 1. The molecular formula is C13H25N3O3S. The number of amides is 2. The molecule has 2 fully saturated rings. The van der Waals surface area contributed by atoms with Gasteiger partial charge in [-0.05, 0) is 27.2 Å². The smallest absolute Gasteiger partial charge is 0.317 e. The fraction of sp³-hybridized carbons (Fsp3) is 0.923. The van der Waals surface area contributed by atoms with Gasteiger partial charge in [-0.15, -0.1) is 0 Å². The second-order valence-electron chi connectivity index (χ2n) is 6.69. The van der Waals surface area contributed by atoms with E-state index in [1.54, 1.807) is 4.90 Å². The molecule has 0 aromatic heterocycles. The minimum atomic E-state index is -2.94. The summed E-state index contributed by atoms with van der Waals surface area (Å²) in [6, 6.07) is -0.339. The molecule has 20 heavy (non-hydrogen) atoms. The highest BCUT2D eigenvalue weighted by Crippen LogP contribution is 2.16. The molecule has 0 spiro atoms. The molecule has 2 saturated heterocycles. The van der Waals surface area contributed by atoms with Crippen LogP contribution < -0.4 is 5.32 Å². The zero-order chi connectivity index (χ0) is 15.0. The van der Waals surface area contributed by atoms with Crippen LogP contribution in [0.1, 0.15) is 27.2 Å². The van der Waals surface area contributed by atoms with Gasteiger partial charge < -0.3 is 10.2 Å². The van der Waals surface area contributed by atoms with Crippen molar-refractivity contribution in [3.05, 3.63) is 0 Å². The number of nitrogens with zero attached hydrogens (tertiary/aromatic N) is 2. The van der Waals surface area contributed by atoms with Crippen LogP contribution in [0.2, 0.25) is 0 Å². The lowest BCUT2D eigenvalue weighted by molar-refractivity contribution is 0.0738. The normalized spacial score (nSPS) is 27.6. The number of hydrogen-bond donors (Lipinski definition) is 1. The van der Waals surface area contributed by atoms with E-state index in [0.717, 1.165) is 13.1 Å². The number of carbonyl (C=O) groups is 1. The Morgan fingerprint density at radius 3 is 2.20 bits per heavy atom. The van der Waals surface area contributed by atoms with E-state index in [2.05, 4.69) is 31.0 Å². The number of nitrogens with one attached hydrogen (secondary N) is 1. The zero-order valence-corrected chi connectivity index (χ0v) is 13.4. The first kappa shape index (κ1) is 15.6. The minimum absolute atomic E-state index is 0.0840. The third-order valence-electron chi connectivity index (χ3n) is 4.08. The average Bonchev–Trinajstić information content (AvgIpc) is 2.67. The summed E-state index contributed by atoms with van der Waals surface area (Å²) >= 11 is 0. The highest BCUT2D eigenvalue weighted by molar-refractivity contribution is 7.91. The molecule has 0 aromatic rings. The molecule has 2 heterocycles. The monoisotopic (exact) mass is 303 g/mol. The summed E-state index contributed by atoms with van der Waals surface area (Å²) in [4.78, 5) is 16.3. The summed E-state index contributed by atoms with van der Waals surface area (Å²) in [6.07, 6.45) is 0.538. The maximum absolute atomic E-state index is 12.1. The van der Waals surface area contributed by atoms with Gasteiger partial charge in [0.05, 0.1) is 11.5 Å². The summed E-state index contributed by atoms with van der Waals surface area (Å²) in [6.45, 7) is 9.63. The topological polar surface area (TPSA) is 69.7 Å². The van der Waals surface area contributed by atoms with Gasteiger partial charge in [0.25, 0.3) is 0 Å². The Morgan fingerprint density at radius 1 is 1.15 bits per heavy atom. The molecule has 2 rings (SSSR count). The minimum Gasteiger partial charge on any atom is -0.334 e. The quantitative estimate of drug-likeness (QED) is 0.756. The molecule has 0 aromatic carbocycles. The molecule has 0 aliphatic carbocycles. The van der Waals surface area contributed by atoms with Gasteiger partial charge in [-0.3, -0.25) is 4.90 Å². The van der Waals surface area contributed by atoms with E-state index in [9.17, 15) is 13.2 Å². The molecule has 116 valence electrons. The molecule has 6 nitrogen and oxygen atoms in total. The van der Waals surface area contributed by atoms with Crippen molar-refractivity contribution in [2.75, 3.05) is 37.7 Å². The molecule has 2 aliphatic heterocycles. The van der Waals surface area contributed by atoms with Gasteiger partial charge in [-0.25, -0.2) is 13.2 Å². The number of carbonyl (C=O) groups excluding carboxylic acids is 1. The maximum atomic E-state index is 12.1. The van der Waals surface area contributed by atoms with E-state index in [4.69, 9.17) is 0 Å². The third-order valence-corrected chi connectivity index (χ3v) is 5.84. The summed E-state index contributed by atoms with van der Waals surface area (Å²) in [5, 5.41) is 2.85. The number of hydrogen-bond acceptors (Lipinski definition) is 4. The first-order valence-electron chi connectivity index (χ1n) is 7.18. The molecule has 2 amide bonds. The maximum Gasteiger partial charge on any atom is 0.317 e. The van der Waals surface area contributed by atoms with Gasteiger partial charge in [0.1, 0.15) is 0 Å². The fourth-order valence-corrected chi connectivity index (χ4v) is 4.43. The van der Waals surface area contributed by atoms with Crippen LogP contribution in [0.5, 0.6) is 0 Å². The summed E-state index contributed by atoms with van der Waals surface area (Å²) in [7, 11) is -2.94. The lowest BCUT2D eigenvalue weighted by Gasteiger charge is -2.42. The lowest BCUT2D eigenvalue weighted by atomic mass is 10.1. The molecule has 1 N–H and O–H groups in total. The van der Waals surface area contributed by atoms with Gasteiger partial charge >= 0.3 is 6.03 Å². The Balaban J connectivity index is 1.81. The number of sulfone groups is 1. The first-order valence-corrected chi connectivity index (χ1v) is 9.00. The van der Waals surface area contributed by atoms with Crippen molar-refractivity contribution < 1.29 is 13.2 Å². The Kier molecular flexibility index (Phi) is 4.30. The predicted molar refractivity (Wildman–Crippen MR) is 78.5 cm³/mol. The van der Waals surface area contributed by atoms with Crippen molar-refractivity contribution in [1.29, 1.82) is 0 Å². The van der Waals surface area contributed by atoms with E-state index >= 15 is 0 Å². The van der Waals surface area contributed by atoms with Gasteiger partial charge in [0.2, 0.25) is 0 Å². The number of rotatable bonds is 1. The van der Waals surface area contributed by atoms with Crippen molar-refractivity contribution in [3.63, 3.8) is 0 Å². The Hall–Kier alpha value is -0.820. The molecular weight excluding hydrogens is 278 g/mol. The van der Waals surface area contributed by atoms with Gasteiger partial charge in [-0.2, -0.15) is 0 Å². The standard InChI is InChI=1S/C13H25N3O3S/c1-13(2,3)16-7-5-15(6-8-16)12(17)14-11-4-9-20(18,19)10-11/h11H,4-10H2,1-3H3,(H,14,17). The van der Waals surface area contributed by atoms with Crippen LogP contribution in [0.25, 0.3) is 0 Å². The highest BCUT2D eigenvalue weighted by atomic mass is 32.2. The van der Waals surface area contributed by atoms with Crippen LogP contribution >= 0.6 is 0 Å². The summed E-state index contributed by atoms with van der Waals surface area (Å²) in [5.74, 6) is 0.274. The van der Waals surface area contributed by atoms with Crippen LogP contribution in [-0.4, -0.2) is 73.5 Å². The zero-order valence-electron chi connectivity index (χ0n) is 12.6. The Bertz CT molecular complexity index is 462. The van der Waals surface area contributed by atoms with Crippen LogP contribution in [0.3, 0.4) is 0 Å². The molecule has 0 saturated carbocycles. The third kappa shape index (κ3) is 3.85. The van der Waals surface area contributed by atoms with E-state index in [0.29, 0.717) is 19.5 Å². The van der Waals surface area contributed by atoms with Gasteiger partial charge in [-0.1, -0.05) is 0 Å². The molecule has 2 aliphatic rings. The van der Waals surface area contributed by atoms with Crippen molar-refractivity contribution in [3.8, 4) is 0 Å². The van der Waals surface area contributed by atoms with Crippen LogP contribution in [0.15, 0.2) is 0 Å². The Labute approximate surface area is 121 Å². The molecule has 0 radical (unpaired) electrons. The average molecular weight is 303 g/mol. The van der Waals surface area contributed by atoms with Crippen molar-refractivity contribution >= 4 is 15.9 Å². The van der Waals surface area contributed by atoms with Gasteiger partial charge in [0, 0.05) is 37.8 Å². The van der Waals surface area contributed by atoms with Gasteiger partial charge in [0.15, 0.2) is 9.84 Å². The molecule has 1 atom stereocenters. The van der Waals surface area contributed by atoms with Crippen molar-refractivity contribution in [1.82, 2.24) is 15.1 Å². The van der Waals surface area contributed by atoms with E-state index in [-0.39, 0.29) is 29.1 Å². The summed E-state index contributed by atoms with van der Waals surface area (Å²) < 4.78 is 22.8. The Morgan fingerprint density at radius 2 is 1.75 bits per heavy atom. The second kappa shape index (κ2) is 5.52. The van der Waals surface area contributed by atoms with E-state index < -0.39 is 9.84 Å². The van der Waals surface area contributed by atoms with E-state index in [1.807, 2.05) is 0 Å². The molecule has 7 heteroatoms. The van der Waals surface area contributed by atoms with E-state index in [1.165, 1.54) is 0 Å². The molecule has 0 bridgehead atoms.